The number of rotatable bonds is 5. The molecule has 0 atom stereocenters. The van der Waals surface area contributed by atoms with Gasteiger partial charge in [0.1, 0.15) is 5.02 Å². The largest absolute Gasteiger partial charge is 0.452 e. The van der Waals surface area contributed by atoms with E-state index < -0.39 is 23.4 Å². The minimum absolute atomic E-state index is 0.0382. The Labute approximate surface area is 182 Å². The Bertz CT molecular complexity index is 1210. The van der Waals surface area contributed by atoms with E-state index in [1.807, 2.05) is 24.3 Å². The van der Waals surface area contributed by atoms with Gasteiger partial charge in [0.05, 0.1) is 16.0 Å². The zero-order chi connectivity index (χ0) is 22.0. The number of carbonyl (C=O) groups excluding carboxylic acids is 2. The molecule has 1 aromatic heterocycles. The van der Waals surface area contributed by atoms with Crippen LogP contribution in [0.2, 0.25) is 5.02 Å². The molecule has 1 aliphatic carbocycles. The van der Waals surface area contributed by atoms with E-state index in [2.05, 4.69) is 10.3 Å². The Balaban J connectivity index is 1.52. The van der Waals surface area contributed by atoms with E-state index in [9.17, 15) is 19.7 Å². The SMILES string of the molecule is O=C(COC(=O)c1c2c(nc3ccccc13)CCCC2)Nc1ccc(Cl)c([N+](=O)[O-])c1. The van der Waals surface area contributed by atoms with E-state index in [4.69, 9.17) is 16.3 Å². The van der Waals surface area contributed by atoms with Gasteiger partial charge in [-0.3, -0.25) is 19.9 Å². The number of carbonyl (C=O) groups is 2. The maximum absolute atomic E-state index is 12.9. The topological polar surface area (TPSA) is 111 Å². The molecule has 0 spiro atoms. The van der Waals surface area contributed by atoms with E-state index in [1.165, 1.54) is 12.1 Å². The van der Waals surface area contributed by atoms with Gasteiger partial charge >= 0.3 is 5.97 Å². The number of nitro groups is 1. The zero-order valence-corrected chi connectivity index (χ0v) is 17.1. The molecule has 0 saturated heterocycles. The number of aryl methyl sites for hydroxylation is 1. The maximum Gasteiger partial charge on any atom is 0.339 e. The van der Waals surface area contributed by atoms with Crippen LogP contribution in [0.15, 0.2) is 42.5 Å². The normalized spacial score (nSPS) is 12.8. The lowest BCUT2D eigenvalue weighted by atomic mass is 9.90. The first-order chi connectivity index (χ1) is 14.9. The van der Waals surface area contributed by atoms with Crippen molar-refractivity contribution in [2.75, 3.05) is 11.9 Å². The molecule has 1 aliphatic rings. The van der Waals surface area contributed by atoms with Crippen LogP contribution in [0.25, 0.3) is 10.9 Å². The van der Waals surface area contributed by atoms with Crippen molar-refractivity contribution in [3.05, 3.63) is 74.4 Å². The van der Waals surface area contributed by atoms with Crippen molar-refractivity contribution < 1.29 is 19.2 Å². The van der Waals surface area contributed by atoms with Crippen LogP contribution in [0, 0.1) is 10.1 Å². The average Bonchev–Trinajstić information content (AvgIpc) is 2.77. The number of nitrogens with zero attached hydrogens (tertiary/aromatic N) is 2. The summed E-state index contributed by atoms with van der Waals surface area (Å²) in [6.45, 7) is -0.527. The second-order valence-electron chi connectivity index (χ2n) is 7.18. The lowest BCUT2D eigenvalue weighted by Gasteiger charge is -2.19. The fraction of sp³-hybridized carbons (Fsp3) is 0.227. The second kappa shape index (κ2) is 8.69. The summed E-state index contributed by atoms with van der Waals surface area (Å²) in [5, 5.41) is 14.1. The molecular formula is C22H18ClN3O5. The highest BCUT2D eigenvalue weighted by Crippen LogP contribution is 2.30. The summed E-state index contributed by atoms with van der Waals surface area (Å²) in [6, 6.07) is 11.3. The van der Waals surface area contributed by atoms with E-state index >= 15 is 0 Å². The molecule has 158 valence electrons. The molecule has 0 unspecified atom stereocenters. The van der Waals surface area contributed by atoms with Crippen LogP contribution in [0.3, 0.4) is 0 Å². The molecule has 2 aromatic carbocycles. The Morgan fingerprint density at radius 1 is 1.16 bits per heavy atom. The Hall–Kier alpha value is -3.52. The van der Waals surface area contributed by atoms with Crippen molar-refractivity contribution in [1.82, 2.24) is 4.98 Å². The fourth-order valence-corrected chi connectivity index (χ4v) is 3.92. The third-order valence-electron chi connectivity index (χ3n) is 5.13. The molecule has 31 heavy (non-hydrogen) atoms. The number of esters is 1. The van der Waals surface area contributed by atoms with Crippen molar-refractivity contribution in [2.24, 2.45) is 0 Å². The number of fused-ring (bicyclic) bond motifs is 2. The van der Waals surface area contributed by atoms with Gasteiger partial charge in [-0.1, -0.05) is 29.8 Å². The van der Waals surface area contributed by atoms with Gasteiger partial charge in [0.2, 0.25) is 0 Å². The molecule has 1 heterocycles. The number of hydrogen-bond donors (Lipinski definition) is 1. The first-order valence-corrected chi connectivity index (χ1v) is 10.1. The smallest absolute Gasteiger partial charge is 0.339 e. The number of halogens is 1. The first kappa shape index (κ1) is 20.7. The maximum atomic E-state index is 12.9. The molecule has 3 aromatic rings. The van der Waals surface area contributed by atoms with Gasteiger partial charge in [-0.2, -0.15) is 0 Å². The van der Waals surface area contributed by atoms with Gasteiger partial charge in [-0.25, -0.2) is 4.79 Å². The monoisotopic (exact) mass is 439 g/mol. The summed E-state index contributed by atoms with van der Waals surface area (Å²) in [7, 11) is 0. The van der Waals surface area contributed by atoms with Crippen LogP contribution in [0.1, 0.15) is 34.5 Å². The number of amides is 1. The minimum atomic E-state index is -0.643. The number of ether oxygens (including phenoxy) is 1. The molecule has 0 bridgehead atoms. The standard InChI is InChI=1S/C22H18ClN3O5/c23-16-10-9-13(11-19(16)26(29)30)24-20(27)12-31-22(28)21-14-5-1-3-7-17(14)25-18-8-4-2-6-15(18)21/h1,3,5,7,9-11H,2,4,6,8,12H2,(H,24,27). The predicted molar refractivity (Wildman–Crippen MR) is 115 cm³/mol. The highest BCUT2D eigenvalue weighted by Gasteiger charge is 2.24. The Kier molecular flexibility index (Phi) is 5.81. The number of aromatic nitrogens is 1. The number of benzene rings is 2. The fourth-order valence-electron chi connectivity index (χ4n) is 3.74. The lowest BCUT2D eigenvalue weighted by Crippen LogP contribution is -2.22. The number of pyridine rings is 1. The quantitative estimate of drug-likeness (QED) is 0.356. The molecule has 0 radical (unpaired) electrons. The van der Waals surface area contributed by atoms with Crippen molar-refractivity contribution in [2.45, 2.75) is 25.7 Å². The predicted octanol–water partition coefficient (Wildman–Crippen LogP) is 4.47. The van der Waals surface area contributed by atoms with Crippen LogP contribution < -0.4 is 5.32 Å². The highest BCUT2D eigenvalue weighted by molar-refractivity contribution is 6.32. The molecule has 1 amide bonds. The third kappa shape index (κ3) is 4.34. The van der Waals surface area contributed by atoms with E-state index in [0.717, 1.165) is 43.0 Å². The van der Waals surface area contributed by atoms with Crippen molar-refractivity contribution in [3.63, 3.8) is 0 Å². The summed E-state index contributed by atoms with van der Waals surface area (Å²) in [6.07, 6.45) is 3.51. The van der Waals surface area contributed by atoms with E-state index in [1.54, 1.807) is 0 Å². The molecule has 8 nitrogen and oxygen atoms in total. The third-order valence-corrected chi connectivity index (χ3v) is 5.45. The van der Waals surface area contributed by atoms with Gasteiger partial charge in [-0.15, -0.1) is 0 Å². The Morgan fingerprint density at radius 3 is 2.74 bits per heavy atom. The number of nitro benzene ring substituents is 1. The van der Waals surface area contributed by atoms with Gasteiger partial charge in [0, 0.05) is 22.8 Å². The number of nitrogens with one attached hydrogen (secondary N) is 1. The van der Waals surface area contributed by atoms with Crippen molar-refractivity contribution in [3.8, 4) is 0 Å². The number of para-hydroxylation sites is 1. The van der Waals surface area contributed by atoms with Gasteiger partial charge < -0.3 is 10.1 Å². The Morgan fingerprint density at radius 2 is 1.94 bits per heavy atom. The van der Waals surface area contributed by atoms with E-state index in [0.29, 0.717) is 16.5 Å². The summed E-state index contributed by atoms with van der Waals surface area (Å²) >= 11 is 5.78. The van der Waals surface area contributed by atoms with E-state index in [-0.39, 0.29) is 16.4 Å². The summed E-state index contributed by atoms with van der Waals surface area (Å²) < 4.78 is 5.30. The van der Waals surface area contributed by atoms with Crippen LogP contribution in [0.4, 0.5) is 11.4 Å². The van der Waals surface area contributed by atoms with Crippen LogP contribution in [-0.2, 0) is 22.4 Å². The van der Waals surface area contributed by atoms with Gasteiger partial charge in [0.25, 0.3) is 11.6 Å². The van der Waals surface area contributed by atoms with Gasteiger partial charge in [0.15, 0.2) is 6.61 Å². The number of anilines is 1. The summed E-state index contributed by atoms with van der Waals surface area (Å²) in [5.74, 6) is -1.20. The zero-order valence-electron chi connectivity index (χ0n) is 16.4. The van der Waals surface area contributed by atoms with Crippen LogP contribution in [0.5, 0.6) is 0 Å². The lowest BCUT2D eigenvalue weighted by molar-refractivity contribution is -0.384. The second-order valence-corrected chi connectivity index (χ2v) is 7.59. The molecule has 4 rings (SSSR count). The minimum Gasteiger partial charge on any atom is -0.452 e. The number of hydrogen-bond acceptors (Lipinski definition) is 6. The van der Waals surface area contributed by atoms with Crippen LogP contribution >= 0.6 is 11.6 Å². The molecule has 0 aliphatic heterocycles. The summed E-state index contributed by atoms with van der Waals surface area (Å²) in [4.78, 5) is 40.2. The molecular weight excluding hydrogens is 422 g/mol. The summed E-state index contributed by atoms with van der Waals surface area (Å²) in [5.41, 5.74) is 2.80. The highest BCUT2D eigenvalue weighted by atomic mass is 35.5. The molecule has 9 heteroatoms. The molecule has 1 N–H and O–H groups in total. The first-order valence-electron chi connectivity index (χ1n) is 9.75. The van der Waals surface area contributed by atoms with Crippen molar-refractivity contribution in [1.29, 1.82) is 0 Å². The van der Waals surface area contributed by atoms with Gasteiger partial charge in [-0.05, 0) is 49.4 Å². The average molecular weight is 440 g/mol. The van der Waals surface area contributed by atoms with Crippen molar-refractivity contribution >= 4 is 45.8 Å². The molecule has 0 fully saturated rings. The van der Waals surface area contributed by atoms with Crippen LogP contribution in [-0.4, -0.2) is 28.4 Å². The molecule has 0 saturated carbocycles.